The molecule has 23 heavy (non-hydrogen) atoms. The monoisotopic (exact) mass is 312 g/mol. The van der Waals surface area contributed by atoms with Gasteiger partial charge in [0.2, 0.25) is 0 Å². The lowest BCUT2D eigenvalue weighted by atomic mass is 10.0. The fourth-order valence-corrected chi connectivity index (χ4v) is 2.53. The molecule has 3 rings (SSSR count). The Morgan fingerprint density at radius 2 is 1.78 bits per heavy atom. The number of carbonyl (C=O) groups excluding carboxylic acids is 1. The van der Waals surface area contributed by atoms with E-state index in [4.69, 9.17) is 0 Å². The lowest BCUT2D eigenvalue weighted by Gasteiger charge is -2.20. The van der Waals surface area contributed by atoms with Crippen LogP contribution in [0.5, 0.6) is 0 Å². The third-order valence-corrected chi connectivity index (χ3v) is 3.53. The van der Waals surface area contributed by atoms with Gasteiger partial charge in [-0.1, -0.05) is 12.1 Å². The van der Waals surface area contributed by atoms with Crippen molar-refractivity contribution in [3.63, 3.8) is 0 Å². The van der Waals surface area contributed by atoms with Gasteiger partial charge >= 0.3 is 0 Å². The third kappa shape index (κ3) is 2.82. The molecule has 0 unspecified atom stereocenters. The molecule has 2 N–H and O–H groups in total. The van der Waals surface area contributed by atoms with E-state index in [1.165, 1.54) is 6.07 Å². The number of amides is 1. The van der Waals surface area contributed by atoms with Crippen LogP contribution in [0.1, 0.15) is 31.1 Å². The molecule has 2 aromatic carbocycles. The number of hydrogen-bond donors (Lipinski definition) is 2. The SMILES string of the molecule is CC(C)(C)NC(=O)c1cc2[nH]c3ccccc3c(=O)c2cc1F. The summed E-state index contributed by atoms with van der Waals surface area (Å²) < 4.78 is 14.3. The maximum absolute atomic E-state index is 14.3. The van der Waals surface area contributed by atoms with Crippen LogP contribution >= 0.6 is 0 Å². The van der Waals surface area contributed by atoms with Crippen LogP contribution in [0.3, 0.4) is 0 Å². The first-order valence-corrected chi connectivity index (χ1v) is 7.33. The molecule has 0 aliphatic carbocycles. The van der Waals surface area contributed by atoms with Gasteiger partial charge in [-0.25, -0.2) is 4.39 Å². The van der Waals surface area contributed by atoms with Crippen LogP contribution in [0.25, 0.3) is 21.8 Å². The number of hydrogen-bond acceptors (Lipinski definition) is 2. The van der Waals surface area contributed by atoms with Gasteiger partial charge in [0.05, 0.1) is 11.1 Å². The van der Waals surface area contributed by atoms with Crippen LogP contribution in [0.4, 0.5) is 4.39 Å². The first-order chi connectivity index (χ1) is 10.8. The summed E-state index contributed by atoms with van der Waals surface area (Å²) in [5, 5.41) is 3.44. The predicted octanol–water partition coefficient (Wildman–Crippen LogP) is 3.35. The van der Waals surface area contributed by atoms with Crippen molar-refractivity contribution in [3.8, 4) is 0 Å². The number of carbonyl (C=O) groups is 1. The van der Waals surface area contributed by atoms with Crippen LogP contribution in [-0.4, -0.2) is 16.4 Å². The van der Waals surface area contributed by atoms with E-state index in [0.717, 1.165) is 6.07 Å². The molecule has 0 aliphatic rings. The molecule has 0 saturated carbocycles. The zero-order valence-electron chi connectivity index (χ0n) is 13.2. The van der Waals surface area contributed by atoms with Crippen LogP contribution in [0, 0.1) is 5.82 Å². The second kappa shape index (κ2) is 5.19. The molecule has 1 aromatic heterocycles. The van der Waals surface area contributed by atoms with E-state index in [1.54, 1.807) is 24.3 Å². The Labute approximate surface area is 132 Å². The lowest BCUT2D eigenvalue weighted by Crippen LogP contribution is -2.40. The van der Waals surface area contributed by atoms with E-state index in [0.29, 0.717) is 16.4 Å². The second-order valence-corrected chi connectivity index (χ2v) is 6.58. The number of aromatic nitrogens is 1. The number of rotatable bonds is 1. The maximum Gasteiger partial charge on any atom is 0.254 e. The first-order valence-electron chi connectivity index (χ1n) is 7.33. The lowest BCUT2D eigenvalue weighted by molar-refractivity contribution is 0.0915. The summed E-state index contributed by atoms with van der Waals surface area (Å²) in [5.41, 5.74) is 0.275. The Bertz CT molecular complexity index is 984. The van der Waals surface area contributed by atoms with Gasteiger partial charge in [0.25, 0.3) is 5.91 Å². The van der Waals surface area contributed by atoms with Crippen molar-refractivity contribution >= 4 is 27.7 Å². The average molecular weight is 312 g/mol. The fourth-order valence-electron chi connectivity index (χ4n) is 2.53. The van der Waals surface area contributed by atoms with Crippen molar-refractivity contribution in [3.05, 3.63) is 58.0 Å². The fraction of sp³-hybridized carbons (Fsp3) is 0.222. The van der Waals surface area contributed by atoms with Crippen LogP contribution in [-0.2, 0) is 0 Å². The molecule has 0 bridgehead atoms. The molecule has 1 heterocycles. The van der Waals surface area contributed by atoms with Crippen LogP contribution in [0.15, 0.2) is 41.2 Å². The number of H-pyrrole nitrogens is 1. The molecular weight excluding hydrogens is 295 g/mol. The van der Waals surface area contributed by atoms with E-state index in [9.17, 15) is 14.0 Å². The minimum absolute atomic E-state index is 0.0849. The molecular formula is C18H17FN2O2. The smallest absolute Gasteiger partial charge is 0.254 e. The molecule has 0 saturated heterocycles. The summed E-state index contributed by atoms with van der Waals surface area (Å²) in [6, 6.07) is 9.53. The van der Waals surface area contributed by atoms with E-state index >= 15 is 0 Å². The summed E-state index contributed by atoms with van der Waals surface area (Å²) in [6.07, 6.45) is 0. The highest BCUT2D eigenvalue weighted by Crippen LogP contribution is 2.19. The van der Waals surface area contributed by atoms with E-state index in [1.807, 2.05) is 20.8 Å². The van der Waals surface area contributed by atoms with Gasteiger partial charge in [-0.2, -0.15) is 0 Å². The molecule has 118 valence electrons. The number of benzene rings is 2. The third-order valence-electron chi connectivity index (χ3n) is 3.53. The summed E-state index contributed by atoms with van der Waals surface area (Å²) in [6.45, 7) is 5.46. The van der Waals surface area contributed by atoms with Gasteiger partial charge in [-0.05, 0) is 45.0 Å². The quantitative estimate of drug-likeness (QED) is 0.677. The molecule has 0 radical (unpaired) electrons. The van der Waals surface area contributed by atoms with Gasteiger partial charge in [0.15, 0.2) is 5.43 Å². The summed E-state index contributed by atoms with van der Waals surface area (Å²) >= 11 is 0. The normalized spacial score (nSPS) is 11.8. The molecule has 0 spiro atoms. The zero-order chi connectivity index (χ0) is 16.8. The number of fused-ring (bicyclic) bond motifs is 2. The molecule has 4 nitrogen and oxygen atoms in total. The highest BCUT2D eigenvalue weighted by Gasteiger charge is 2.20. The van der Waals surface area contributed by atoms with Crippen molar-refractivity contribution in [1.82, 2.24) is 10.3 Å². The molecule has 0 aliphatic heterocycles. The Balaban J connectivity index is 2.24. The zero-order valence-corrected chi connectivity index (χ0v) is 13.2. The Morgan fingerprint density at radius 1 is 1.09 bits per heavy atom. The van der Waals surface area contributed by atoms with E-state index in [2.05, 4.69) is 10.3 Å². The predicted molar refractivity (Wildman–Crippen MR) is 89.3 cm³/mol. The van der Waals surface area contributed by atoms with Crippen molar-refractivity contribution in [2.45, 2.75) is 26.3 Å². The minimum atomic E-state index is -0.708. The van der Waals surface area contributed by atoms with Crippen molar-refractivity contribution < 1.29 is 9.18 Å². The maximum atomic E-state index is 14.3. The Kier molecular flexibility index (Phi) is 3.43. The first kappa shape index (κ1) is 15.2. The van der Waals surface area contributed by atoms with Crippen molar-refractivity contribution in [2.75, 3.05) is 0 Å². The van der Waals surface area contributed by atoms with E-state index < -0.39 is 17.3 Å². The number of nitrogens with one attached hydrogen (secondary N) is 2. The van der Waals surface area contributed by atoms with Crippen molar-refractivity contribution in [1.29, 1.82) is 0 Å². The highest BCUT2D eigenvalue weighted by molar-refractivity contribution is 6.00. The number of pyridine rings is 1. The largest absolute Gasteiger partial charge is 0.354 e. The summed E-state index contributed by atoms with van der Waals surface area (Å²) in [5.74, 6) is -1.22. The molecule has 5 heteroatoms. The number of halogens is 1. The topological polar surface area (TPSA) is 62.0 Å². The van der Waals surface area contributed by atoms with Gasteiger partial charge in [-0.3, -0.25) is 9.59 Å². The highest BCUT2D eigenvalue weighted by atomic mass is 19.1. The van der Waals surface area contributed by atoms with E-state index in [-0.39, 0.29) is 16.4 Å². The van der Waals surface area contributed by atoms with Crippen LogP contribution < -0.4 is 10.7 Å². The van der Waals surface area contributed by atoms with Gasteiger partial charge in [0, 0.05) is 21.8 Å². The molecule has 0 atom stereocenters. The number of aromatic amines is 1. The number of para-hydroxylation sites is 1. The summed E-state index contributed by atoms with van der Waals surface area (Å²) in [4.78, 5) is 27.8. The standard InChI is InChI=1S/C18H17FN2O2/c1-18(2,3)21-17(23)11-9-15-12(8-13(11)19)16(22)10-6-4-5-7-14(10)20-15/h4-9H,1-3H3,(H,20,22)(H,21,23). The Morgan fingerprint density at radius 3 is 2.48 bits per heavy atom. The molecule has 3 aromatic rings. The molecule has 1 amide bonds. The summed E-state index contributed by atoms with van der Waals surface area (Å²) in [7, 11) is 0. The van der Waals surface area contributed by atoms with Crippen molar-refractivity contribution in [2.24, 2.45) is 0 Å². The van der Waals surface area contributed by atoms with Gasteiger partial charge in [0.1, 0.15) is 5.82 Å². The minimum Gasteiger partial charge on any atom is -0.354 e. The van der Waals surface area contributed by atoms with Gasteiger partial charge in [-0.15, -0.1) is 0 Å². The second-order valence-electron chi connectivity index (χ2n) is 6.58. The van der Waals surface area contributed by atoms with Crippen LogP contribution in [0.2, 0.25) is 0 Å². The average Bonchev–Trinajstić information content (AvgIpc) is 2.46. The molecule has 0 fully saturated rings. The Hall–Kier alpha value is -2.69. The van der Waals surface area contributed by atoms with Gasteiger partial charge < -0.3 is 10.3 Å².